The fourth-order valence-corrected chi connectivity index (χ4v) is 7.71. The summed E-state index contributed by atoms with van der Waals surface area (Å²) in [5, 5.41) is 20.0. The van der Waals surface area contributed by atoms with E-state index in [-0.39, 0.29) is 34.6 Å². The lowest BCUT2D eigenvalue weighted by molar-refractivity contribution is -0.170. The first-order valence-electron chi connectivity index (χ1n) is 13.9. The Bertz CT molecular complexity index is 819. The number of amides is 1. The quantitative estimate of drug-likeness (QED) is 0.345. The monoisotopic (exact) mass is 561 g/mol. The van der Waals surface area contributed by atoms with Crippen LogP contribution in [0.4, 0.5) is 0 Å². The minimum absolute atomic E-state index is 0.0551. The zero-order valence-corrected chi connectivity index (χ0v) is 24.3. The van der Waals surface area contributed by atoms with Crippen molar-refractivity contribution < 1.29 is 29.3 Å². The maximum Gasteiger partial charge on any atom is 0.326 e. The Morgan fingerprint density at radius 3 is 2.08 bits per heavy atom. The summed E-state index contributed by atoms with van der Waals surface area (Å²) in [7, 11) is 1.56. The number of hydrogen-bond acceptors (Lipinski definition) is 4. The lowest BCUT2D eigenvalue weighted by Crippen LogP contribution is -2.56. The number of hydrogen-bond donors (Lipinski definition) is 2. The third kappa shape index (κ3) is 6.58. The number of nitrogens with zero attached hydrogens (tertiary/aromatic N) is 1. The third-order valence-electron chi connectivity index (χ3n) is 10.1. The molecule has 0 radical (unpaired) electrons. The Kier molecular flexibility index (Phi) is 10.2. The van der Waals surface area contributed by atoms with Gasteiger partial charge >= 0.3 is 11.9 Å². The van der Waals surface area contributed by atoms with E-state index in [1.54, 1.807) is 14.0 Å². The second-order valence-electron chi connectivity index (χ2n) is 12.4. The highest BCUT2D eigenvalue weighted by Gasteiger charge is 2.56. The molecule has 0 saturated heterocycles. The number of rotatable bonds is 9. The SMILES string of the molecule is CN(C(=O)[C@H]1CCC[C@@](C)(C(=O)O)C1(C)C)[C@@H](CC1CCC(OCC2C(Cl)CCCC2Cl)CC1)C(=O)O. The fourth-order valence-electron chi connectivity index (χ4n) is 6.83. The van der Waals surface area contributed by atoms with Gasteiger partial charge in [0, 0.05) is 29.6 Å². The number of carboxylic acids is 2. The van der Waals surface area contributed by atoms with E-state index in [1.807, 2.05) is 13.8 Å². The molecule has 37 heavy (non-hydrogen) atoms. The van der Waals surface area contributed by atoms with Crippen LogP contribution in [0.2, 0.25) is 0 Å². The Morgan fingerprint density at radius 1 is 0.946 bits per heavy atom. The normalized spacial score (nSPS) is 36.9. The molecule has 3 saturated carbocycles. The Morgan fingerprint density at radius 2 is 1.54 bits per heavy atom. The molecule has 0 bridgehead atoms. The van der Waals surface area contributed by atoms with Crippen LogP contribution in [0.3, 0.4) is 0 Å². The molecule has 7 nitrogen and oxygen atoms in total. The Balaban J connectivity index is 1.56. The zero-order valence-electron chi connectivity index (χ0n) is 22.8. The maximum absolute atomic E-state index is 13.6. The van der Waals surface area contributed by atoms with Crippen LogP contribution < -0.4 is 0 Å². The molecule has 1 amide bonds. The molecule has 5 atom stereocenters. The van der Waals surface area contributed by atoms with Crippen LogP contribution in [0.1, 0.15) is 91.4 Å². The van der Waals surface area contributed by atoms with E-state index in [2.05, 4.69) is 0 Å². The van der Waals surface area contributed by atoms with Crippen molar-refractivity contribution in [1.82, 2.24) is 4.90 Å². The van der Waals surface area contributed by atoms with Crippen molar-refractivity contribution in [2.75, 3.05) is 13.7 Å². The smallest absolute Gasteiger partial charge is 0.326 e. The molecule has 3 aliphatic carbocycles. The van der Waals surface area contributed by atoms with E-state index in [0.29, 0.717) is 32.3 Å². The van der Waals surface area contributed by atoms with Crippen molar-refractivity contribution >= 4 is 41.0 Å². The lowest BCUT2D eigenvalue weighted by Gasteiger charge is -2.50. The molecule has 0 aromatic rings. The van der Waals surface area contributed by atoms with Gasteiger partial charge in [-0.15, -0.1) is 23.2 Å². The molecule has 0 aromatic heterocycles. The van der Waals surface area contributed by atoms with Crippen LogP contribution in [-0.2, 0) is 19.1 Å². The van der Waals surface area contributed by atoms with Crippen molar-refractivity contribution in [2.45, 2.75) is 114 Å². The van der Waals surface area contributed by atoms with Gasteiger partial charge in [0.15, 0.2) is 0 Å². The van der Waals surface area contributed by atoms with Crippen molar-refractivity contribution in [3.63, 3.8) is 0 Å². The largest absolute Gasteiger partial charge is 0.481 e. The summed E-state index contributed by atoms with van der Waals surface area (Å²) < 4.78 is 6.19. The molecule has 0 aromatic carbocycles. The van der Waals surface area contributed by atoms with Crippen LogP contribution in [0, 0.1) is 28.6 Å². The van der Waals surface area contributed by atoms with Gasteiger partial charge in [-0.1, -0.05) is 26.7 Å². The fraction of sp³-hybridized carbons (Fsp3) is 0.893. The van der Waals surface area contributed by atoms with Crippen LogP contribution in [0.5, 0.6) is 0 Å². The molecule has 3 aliphatic rings. The van der Waals surface area contributed by atoms with Gasteiger partial charge in [-0.25, -0.2) is 4.79 Å². The number of aliphatic carboxylic acids is 2. The molecule has 3 rings (SSSR count). The first-order chi connectivity index (χ1) is 17.3. The highest BCUT2D eigenvalue weighted by atomic mass is 35.5. The van der Waals surface area contributed by atoms with E-state index >= 15 is 0 Å². The molecular formula is C28H45Cl2NO6. The zero-order chi connectivity index (χ0) is 27.5. The molecule has 0 spiro atoms. The lowest BCUT2D eigenvalue weighted by atomic mass is 9.53. The van der Waals surface area contributed by atoms with E-state index in [1.165, 1.54) is 4.90 Å². The number of carbonyl (C=O) groups excluding carboxylic acids is 1. The van der Waals surface area contributed by atoms with Gasteiger partial charge in [0.1, 0.15) is 6.04 Å². The summed E-state index contributed by atoms with van der Waals surface area (Å²) in [4.78, 5) is 39.3. The summed E-state index contributed by atoms with van der Waals surface area (Å²) in [6, 6.07) is -0.931. The molecule has 0 heterocycles. The summed E-state index contributed by atoms with van der Waals surface area (Å²) >= 11 is 13.0. The number of halogens is 2. The van der Waals surface area contributed by atoms with Crippen LogP contribution in [0.25, 0.3) is 0 Å². The standard InChI is InChI=1S/C28H45Cl2NO6/c1-27(2)20(7-6-14-28(27,3)26(35)36)24(32)31(4)23(25(33)34)15-17-10-12-18(13-11-17)37-16-19-21(29)8-5-9-22(19)30/h17-23H,5-16H2,1-4H3,(H,33,34)(H,35,36)/t17?,18?,19?,20-,21?,22?,23+,28+/m1/s1. The Hall–Kier alpha value is -1.05. The summed E-state index contributed by atoms with van der Waals surface area (Å²) in [6.45, 7) is 5.94. The van der Waals surface area contributed by atoms with E-state index < -0.39 is 34.7 Å². The van der Waals surface area contributed by atoms with E-state index in [4.69, 9.17) is 27.9 Å². The van der Waals surface area contributed by atoms with Crippen LogP contribution >= 0.6 is 23.2 Å². The molecule has 2 N–H and O–H groups in total. The van der Waals surface area contributed by atoms with Crippen molar-refractivity contribution in [3.8, 4) is 0 Å². The number of alkyl halides is 2. The van der Waals surface area contributed by atoms with Gasteiger partial charge in [0.2, 0.25) is 5.91 Å². The van der Waals surface area contributed by atoms with Gasteiger partial charge in [0.25, 0.3) is 0 Å². The van der Waals surface area contributed by atoms with Crippen LogP contribution in [-0.4, -0.2) is 69.5 Å². The molecular weight excluding hydrogens is 517 g/mol. The Labute approximate surface area is 231 Å². The summed E-state index contributed by atoms with van der Waals surface area (Å²) in [5.41, 5.74) is -1.82. The van der Waals surface area contributed by atoms with Gasteiger partial charge in [0.05, 0.1) is 18.1 Å². The third-order valence-corrected chi connectivity index (χ3v) is 11.2. The minimum atomic E-state index is -1.03. The summed E-state index contributed by atoms with van der Waals surface area (Å²) in [5.74, 6) is -2.36. The van der Waals surface area contributed by atoms with Crippen molar-refractivity contribution in [1.29, 1.82) is 0 Å². The van der Waals surface area contributed by atoms with Crippen molar-refractivity contribution in [2.24, 2.45) is 28.6 Å². The molecule has 3 fully saturated rings. The number of carbonyl (C=O) groups is 3. The molecule has 0 aliphatic heterocycles. The average Bonchev–Trinajstić information content (AvgIpc) is 2.83. The number of ether oxygens (including phenoxy) is 1. The molecule has 2 unspecified atom stereocenters. The number of carboxylic acid groups (broad SMARTS) is 2. The predicted octanol–water partition coefficient (Wildman–Crippen LogP) is 5.80. The minimum Gasteiger partial charge on any atom is -0.481 e. The average molecular weight is 563 g/mol. The second kappa shape index (κ2) is 12.4. The van der Waals surface area contributed by atoms with Crippen LogP contribution in [0.15, 0.2) is 0 Å². The maximum atomic E-state index is 13.6. The highest BCUT2D eigenvalue weighted by molar-refractivity contribution is 6.24. The first-order valence-corrected chi connectivity index (χ1v) is 14.8. The second-order valence-corrected chi connectivity index (χ2v) is 13.6. The van der Waals surface area contributed by atoms with Gasteiger partial charge in [-0.3, -0.25) is 9.59 Å². The summed E-state index contributed by atoms with van der Waals surface area (Å²) in [6.07, 6.45) is 8.65. The highest BCUT2D eigenvalue weighted by Crippen LogP contribution is 2.54. The van der Waals surface area contributed by atoms with Crippen molar-refractivity contribution in [3.05, 3.63) is 0 Å². The predicted molar refractivity (Wildman–Crippen MR) is 144 cm³/mol. The van der Waals surface area contributed by atoms with Gasteiger partial charge in [-0.2, -0.15) is 0 Å². The van der Waals surface area contributed by atoms with E-state index in [9.17, 15) is 24.6 Å². The van der Waals surface area contributed by atoms with E-state index in [0.717, 1.165) is 44.9 Å². The van der Waals surface area contributed by atoms with Gasteiger partial charge in [-0.05, 0) is 76.0 Å². The molecule has 212 valence electrons. The first kappa shape index (κ1) is 30.5. The molecule has 9 heteroatoms. The topological polar surface area (TPSA) is 104 Å². The number of likely N-dealkylation sites (N-methyl/N-ethyl adjacent to an activating group) is 1. The van der Waals surface area contributed by atoms with Gasteiger partial charge < -0.3 is 19.8 Å².